The molecule has 1 aromatic rings. The third-order valence-corrected chi connectivity index (χ3v) is 3.54. The van der Waals surface area contributed by atoms with Gasteiger partial charge in [0.05, 0.1) is 6.61 Å². The zero-order valence-electron chi connectivity index (χ0n) is 10.2. The summed E-state index contributed by atoms with van der Waals surface area (Å²) < 4.78 is 5.28. The van der Waals surface area contributed by atoms with Crippen LogP contribution in [0.5, 0.6) is 0 Å². The molecular weight excluding hydrogens is 198 g/mol. The second-order valence-electron chi connectivity index (χ2n) is 4.71. The maximum Gasteiger partial charge on any atom is 0.0715 e. The average molecular weight is 219 g/mol. The minimum Gasteiger partial charge on any atom is -0.380 e. The zero-order valence-corrected chi connectivity index (χ0v) is 10.2. The Hall–Kier alpha value is -0.860. The molecule has 1 fully saturated rings. The summed E-state index contributed by atoms with van der Waals surface area (Å²) in [7, 11) is 1.77. The van der Waals surface area contributed by atoms with Crippen LogP contribution in [0.4, 0.5) is 0 Å². The van der Waals surface area contributed by atoms with Gasteiger partial charge in [0.15, 0.2) is 0 Å². The molecule has 2 nitrogen and oxygen atoms in total. The first-order valence-electron chi connectivity index (χ1n) is 6.10. The average Bonchev–Trinajstić information content (AvgIpc) is 2.31. The van der Waals surface area contributed by atoms with E-state index >= 15 is 0 Å². The molecule has 1 aliphatic rings. The quantitative estimate of drug-likeness (QED) is 0.843. The molecular formula is C14H21NO. The highest BCUT2D eigenvalue weighted by Crippen LogP contribution is 2.32. The Labute approximate surface area is 98.0 Å². The molecule has 1 aromatic carbocycles. The summed E-state index contributed by atoms with van der Waals surface area (Å²) in [6.45, 7) is 5.33. The first kappa shape index (κ1) is 11.6. The second-order valence-corrected chi connectivity index (χ2v) is 4.71. The molecule has 1 heterocycles. The highest BCUT2D eigenvalue weighted by Gasteiger charge is 2.24. The van der Waals surface area contributed by atoms with Crippen molar-refractivity contribution in [3.63, 3.8) is 0 Å². The van der Waals surface area contributed by atoms with E-state index in [4.69, 9.17) is 4.74 Å². The number of methoxy groups -OCH3 is 1. The van der Waals surface area contributed by atoms with E-state index < -0.39 is 0 Å². The lowest BCUT2D eigenvalue weighted by molar-refractivity contribution is 0.182. The molecule has 0 saturated carbocycles. The minimum atomic E-state index is 0.688. The molecule has 2 heteroatoms. The Morgan fingerprint density at radius 1 is 1.38 bits per heavy atom. The maximum absolute atomic E-state index is 5.28. The van der Waals surface area contributed by atoms with Crippen molar-refractivity contribution in [2.75, 3.05) is 20.2 Å². The minimum absolute atomic E-state index is 0.688. The fraction of sp³-hybridized carbons (Fsp3) is 0.571. The van der Waals surface area contributed by atoms with E-state index in [0.717, 1.165) is 19.7 Å². The summed E-state index contributed by atoms with van der Waals surface area (Å²) in [5.41, 5.74) is 2.84. The van der Waals surface area contributed by atoms with Crippen LogP contribution in [0.15, 0.2) is 24.3 Å². The summed E-state index contributed by atoms with van der Waals surface area (Å²) in [5.74, 6) is 1.40. The lowest BCUT2D eigenvalue weighted by atomic mass is 9.80. The van der Waals surface area contributed by atoms with Gasteiger partial charge in [0.25, 0.3) is 0 Å². The smallest absolute Gasteiger partial charge is 0.0715 e. The molecule has 2 rings (SSSR count). The third kappa shape index (κ3) is 2.45. The van der Waals surface area contributed by atoms with Crippen molar-refractivity contribution in [3.05, 3.63) is 35.4 Å². The molecule has 0 aliphatic carbocycles. The van der Waals surface area contributed by atoms with Crippen molar-refractivity contribution in [1.29, 1.82) is 0 Å². The van der Waals surface area contributed by atoms with E-state index in [0.29, 0.717) is 11.8 Å². The van der Waals surface area contributed by atoms with E-state index in [1.165, 1.54) is 17.5 Å². The number of hydrogen-bond acceptors (Lipinski definition) is 2. The molecule has 1 N–H and O–H groups in total. The maximum atomic E-state index is 5.28. The van der Waals surface area contributed by atoms with Crippen molar-refractivity contribution in [2.24, 2.45) is 5.92 Å². The molecule has 2 atom stereocenters. The number of piperidine rings is 1. The Bertz CT molecular complexity index is 337. The summed E-state index contributed by atoms with van der Waals surface area (Å²) in [6, 6.07) is 8.70. The van der Waals surface area contributed by atoms with Gasteiger partial charge in [-0.25, -0.2) is 0 Å². The van der Waals surface area contributed by atoms with Crippen molar-refractivity contribution in [3.8, 4) is 0 Å². The van der Waals surface area contributed by atoms with E-state index in [2.05, 4.69) is 36.5 Å². The Balaban J connectivity index is 2.23. The van der Waals surface area contributed by atoms with Crippen molar-refractivity contribution >= 4 is 0 Å². The van der Waals surface area contributed by atoms with E-state index in [-0.39, 0.29) is 0 Å². The van der Waals surface area contributed by atoms with Crippen LogP contribution in [0.25, 0.3) is 0 Å². The monoisotopic (exact) mass is 219 g/mol. The summed E-state index contributed by atoms with van der Waals surface area (Å²) in [4.78, 5) is 0. The predicted octanol–water partition coefficient (Wildman–Crippen LogP) is 2.55. The van der Waals surface area contributed by atoms with Gasteiger partial charge in [0.1, 0.15) is 0 Å². The Morgan fingerprint density at radius 3 is 2.94 bits per heavy atom. The summed E-state index contributed by atoms with van der Waals surface area (Å²) in [5, 5.41) is 3.45. The molecule has 1 saturated heterocycles. The van der Waals surface area contributed by atoms with E-state index in [1.807, 2.05) is 0 Å². The lowest BCUT2D eigenvalue weighted by Gasteiger charge is -2.31. The molecule has 0 radical (unpaired) electrons. The van der Waals surface area contributed by atoms with Gasteiger partial charge in [-0.05, 0) is 42.5 Å². The number of benzene rings is 1. The fourth-order valence-electron chi connectivity index (χ4n) is 2.66. The highest BCUT2D eigenvalue weighted by molar-refractivity contribution is 5.31. The SMILES string of the molecule is COCc1ccccc1C1CCNCC1C. The van der Waals surface area contributed by atoms with E-state index in [9.17, 15) is 0 Å². The lowest BCUT2D eigenvalue weighted by Crippen LogP contribution is -2.34. The number of hydrogen-bond donors (Lipinski definition) is 1. The van der Waals surface area contributed by atoms with Crippen molar-refractivity contribution in [2.45, 2.75) is 25.9 Å². The van der Waals surface area contributed by atoms with Crippen LogP contribution in [0.2, 0.25) is 0 Å². The fourth-order valence-corrected chi connectivity index (χ4v) is 2.66. The first-order valence-corrected chi connectivity index (χ1v) is 6.10. The van der Waals surface area contributed by atoms with E-state index in [1.54, 1.807) is 7.11 Å². The van der Waals surface area contributed by atoms with Crippen molar-refractivity contribution in [1.82, 2.24) is 5.32 Å². The first-order chi connectivity index (χ1) is 7.83. The number of rotatable bonds is 3. The van der Waals surface area contributed by atoms with Gasteiger partial charge in [-0.3, -0.25) is 0 Å². The standard InChI is InChI=1S/C14H21NO/c1-11-9-15-8-7-13(11)14-6-4-3-5-12(14)10-16-2/h3-6,11,13,15H,7-10H2,1-2H3. The number of ether oxygens (including phenoxy) is 1. The topological polar surface area (TPSA) is 21.3 Å². The van der Waals surface area contributed by atoms with Gasteiger partial charge >= 0.3 is 0 Å². The zero-order chi connectivity index (χ0) is 11.4. The Kier molecular flexibility index (Phi) is 3.97. The van der Waals surface area contributed by atoms with Crippen LogP contribution < -0.4 is 5.32 Å². The van der Waals surface area contributed by atoms with Gasteiger partial charge < -0.3 is 10.1 Å². The molecule has 0 spiro atoms. The number of nitrogens with one attached hydrogen (secondary N) is 1. The molecule has 0 bridgehead atoms. The molecule has 0 amide bonds. The van der Waals surface area contributed by atoms with Crippen LogP contribution >= 0.6 is 0 Å². The van der Waals surface area contributed by atoms with Gasteiger partial charge in [0.2, 0.25) is 0 Å². The van der Waals surface area contributed by atoms with Crippen LogP contribution in [-0.2, 0) is 11.3 Å². The highest BCUT2D eigenvalue weighted by atomic mass is 16.5. The normalized spacial score (nSPS) is 25.6. The largest absolute Gasteiger partial charge is 0.380 e. The Morgan fingerprint density at radius 2 is 2.19 bits per heavy atom. The van der Waals surface area contributed by atoms with Gasteiger partial charge in [-0.2, -0.15) is 0 Å². The van der Waals surface area contributed by atoms with Gasteiger partial charge in [-0.15, -0.1) is 0 Å². The second kappa shape index (κ2) is 5.46. The predicted molar refractivity (Wildman–Crippen MR) is 66.5 cm³/mol. The molecule has 0 aromatic heterocycles. The van der Waals surface area contributed by atoms with Gasteiger partial charge in [0, 0.05) is 7.11 Å². The molecule has 16 heavy (non-hydrogen) atoms. The molecule has 1 aliphatic heterocycles. The van der Waals surface area contributed by atoms with Crippen LogP contribution in [0, 0.1) is 5.92 Å². The van der Waals surface area contributed by atoms with Crippen LogP contribution in [0.1, 0.15) is 30.4 Å². The summed E-state index contributed by atoms with van der Waals surface area (Å²) in [6.07, 6.45) is 1.24. The van der Waals surface area contributed by atoms with Gasteiger partial charge in [-0.1, -0.05) is 31.2 Å². The van der Waals surface area contributed by atoms with Crippen LogP contribution in [-0.4, -0.2) is 20.2 Å². The van der Waals surface area contributed by atoms with Crippen molar-refractivity contribution < 1.29 is 4.74 Å². The molecule has 2 unspecified atom stereocenters. The van der Waals surface area contributed by atoms with Crippen LogP contribution in [0.3, 0.4) is 0 Å². The molecule has 88 valence electrons. The third-order valence-electron chi connectivity index (χ3n) is 3.54. The summed E-state index contributed by atoms with van der Waals surface area (Å²) >= 11 is 0.